The Bertz CT molecular complexity index is 408. The maximum atomic E-state index is 6.35. The van der Waals surface area contributed by atoms with Crippen molar-refractivity contribution >= 4 is 17.4 Å². The standard InChI is InChI=1S/C14H22ClN3/c1-10-4-5-18(9-11(10)2)14-13(15)6-12(7-16-3)8-17-14/h6,8,10-11,16H,4-5,7,9H2,1-3H3. The van der Waals surface area contributed by atoms with Crippen LogP contribution >= 0.6 is 11.6 Å². The predicted molar refractivity (Wildman–Crippen MR) is 77.2 cm³/mol. The molecule has 2 unspecified atom stereocenters. The van der Waals surface area contributed by atoms with E-state index in [0.29, 0.717) is 5.92 Å². The van der Waals surface area contributed by atoms with Gasteiger partial charge in [-0.1, -0.05) is 25.4 Å². The van der Waals surface area contributed by atoms with Gasteiger partial charge >= 0.3 is 0 Å². The minimum atomic E-state index is 0.702. The van der Waals surface area contributed by atoms with E-state index in [1.807, 2.05) is 19.3 Å². The van der Waals surface area contributed by atoms with Gasteiger partial charge in [-0.3, -0.25) is 0 Å². The fourth-order valence-electron chi connectivity index (χ4n) is 2.46. The normalized spacial score (nSPS) is 24.3. The van der Waals surface area contributed by atoms with Crippen molar-refractivity contribution in [2.45, 2.75) is 26.8 Å². The van der Waals surface area contributed by atoms with E-state index in [-0.39, 0.29) is 0 Å². The summed E-state index contributed by atoms with van der Waals surface area (Å²) in [5.41, 5.74) is 1.13. The van der Waals surface area contributed by atoms with Gasteiger partial charge in [0.15, 0.2) is 0 Å². The zero-order valence-corrected chi connectivity index (χ0v) is 12.2. The van der Waals surface area contributed by atoms with E-state index in [0.717, 1.165) is 42.0 Å². The van der Waals surface area contributed by atoms with Gasteiger partial charge in [0.2, 0.25) is 0 Å². The van der Waals surface area contributed by atoms with Gasteiger partial charge in [-0.25, -0.2) is 4.98 Å². The molecule has 1 saturated heterocycles. The summed E-state index contributed by atoms with van der Waals surface area (Å²) in [7, 11) is 1.93. The molecule has 3 nitrogen and oxygen atoms in total. The van der Waals surface area contributed by atoms with E-state index in [4.69, 9.17) is 11.6 Å². The molecule has 2 atom stereocenters. The molecule has 0 radical (unpaired) electrons. The molecule has 2 rings (SSSR count). The second kappa shape index (κ2) is 5.89. The number of hydrogen-bond acceptors (Lipinski definition) is 3. The van der Waals surface area contributed by atoms with Crippen LogP contribution in [0.15, 0.2) is 12.3 Å². The summed E-state index contributed by atoms with van der Waals surface area (Å²) in [6, 6.07) is 2.02. The maximum absolute atomic E-state index is 6.35. The molecule has 1 aliphatic rings. The van der Waals surface area contributed by atoms with Gasteiger partial charge in [0.05, 0.1) is 5.02 Å². The number of aromatic nitrogens is 1. The molecule has 1 N–H and O–H groups in total. The van der Waals surface area contributed by atoms with Crippen molar-refractivity contribution in [1.29, 1.82) is 0 Å². The van der Waals surface area contributed by atoms with Crippen molar-refractivity contribution in [1.82, 2.24) is 10.3 Å². The van der Waals surface area contributed by atoms with E-state index >= 15 is 0 Å². The van der Waals surface area contributed by atoms with E-state index in [1.165, 1.54) is 6.42 Å². The molecule has 0 bridgehead atoms. The van der Waals surface area contributed by atoms with Gasteiger partial charge in [0.1, 0.15) is 5.82 Å². The summed E-state index contributed by atoms with van der Waals surface area (Å²) in [5.74, 6) is 2.44. The fourth-order valence-corrected chi connectivity index (χ4v) is 2.77. The molecule has 4 heteroatoms. The quantitative estimate of drug-likeness (QED) is 0.913. The molecule has 0 aromatic carbocycles. The molecule has 0 aliphatic carbocycles. The van der Waals surface area contributed by atoms with Crippen LogP contribution in [0.1, 0.15) is 25.8 Å². The highest BCUT2D eigenvalue weighted by Crippen LogP contribution is 2.30. The summed E-state index contributed by atoms with van der Waals surface area (Å²) in [6.45, 7) is 7.55. The number of piperidine rings is 1. The molecule has 0 saturated carbocycles. The van der Waals surface area contributed by atoms with Crippen LogP contribution in [0, 0.1) is 11.8 Å². The summed E-state index contributed by atoms with van der Waals surface area (Å²) in [6.07, 6.45) is 3.14. The highest BCUT2D eigenvalue weighted by atomic mass is 35.5. The molecule has 1 fully saturated rings. The number of nitrogens with one attached hydrogen (secondary N) is 1. The topological polar surface area (TPSA) is 28.2 Å². The Hall–Kier alpha value is -0.800. The van der Waals surface area contributed by atoms with E-state index < -0.39 is 0 Å². The van der Waals surface area contributed by atoms with Crippen molar-refractivity contribution in [3.63, 3.8) is 0 Å². The second-order valence-electron chi connectivity index (χ2n) is 5.37. The van der Waals surface area contributed by atoms with Gasteiger partial charge in [0, 0.05) is 25.8 Å². The average Bonchev–Trinajstić information content (AvgIpc) is 2.34. The lowest BCUT2D eigenvalue weighted by atomic mass is 9.89. The van der Waals surface area contributed by atoms with Crippen molar-refractivity contribution in [3.8, 4) is 0 Å². The van der Waals surface area contributed by atoms with Gasteiger partial charge in [-0.05, 0) is 36.9 Å². The third-order valence-corrected chi connectivity index (χ3v) is 4.17. The Balaban J connectivity index is 2.13. The third-order valence-electron chi connectivity index (χ3n) is 3.89. The minimum absolute atomic E-state index is 0.702. The van der Waals surface area contributed by atoms with E-state index in [1.54, 1.807) is 0 Å². The first-order valence-electron chi connectivity index (χ1n) is 6.65. The molecule has 100 valence electrons. The van der Waals surface area contributed by atoms with Crippen LogP contribution in [0.2, 0.25) is 5.02 Å². The Kier molecular flexibility index (Phi) is 4.46. The number of nitrogens with zero attached hydrogens (tertiary/aromatic N) is 2. The Morgan fingerprint density at radius 1 is 1.44 bits per heavy atom. The summed E-state index contributed by atoms with van der Waals surface area (Å²) in [5, 5.41) is 3.88. The zero-order chi connectivity index (χ0) is 13.1. The highest BCUT2D eigenvalue weighted by molar-refractivity contribution is 6.33. The molecule has 18 heavy (non-hydrogen) atoms. The molecule has 2 heterocycles. The smallest absolute Gasteiger partial charge is 0.147 e. The minimum Gasteiger partial charge on any atom is -0.355 e. The SMILES string of the molecule is CNCc1cnc(N2CCC(C)C(C)C2)c(Cl)c1. The average molecular weight is 268 g/mol. The highest BCUT2D eigenvalue weighted by Gasteiger charge is 2.24. The van der Waals surface area contributed by atoms with Crippen LogP contribution in [0.5, 0.6) is 0 Å². The Morgan fingerprint density at radius 2 is 2.22 bits per heavy atom. The lowest BCUT2D eigenvalue weighted by Gasteiger charge is -2.36. The number of hydrogen-bond donors (Lipinski definition) is 1. The predicted octanol–water partition coefficient (Wildman–Crippen LogP) is 2.94. The third kappa shape index (κ3) is 2.96. The van der Waals surface area contributed by atoms with Crippen molar-refractivity contribution in [2.75, 3.05) is 25.0 Å². The van der Waals surface area contributed by atoms with Crippen molar-refractivity contribution in [3.05, 3.63) is 22.8 Å². The number of pyridine rings is 1. The first kappa shape index (κ1) is 13.6. The zero-order valence-electron chi connectivity index (χ0n) is 11.4. The number of anilines is 1. The summed E-state index contributed by atoms with van der Waals surface area (Å²) < 4.78 is 0. The fraction of sp³-hybridized carbons (Fsp3) is 0.643. The summed E-state index contributed by atoms with van der Waals surface area (Å²) >= 11 is 6.35. The molecule has 1 aromatic rings. The second-order valence-corrected chi connectivity index (χ2v) is 5.78. The van der Waals surface area contributed by atoms with Crippen LogP contribution < -0.4 is 10.2 Å². The maximum Gasteiger partial charge on any atom is 0.147 e. The van der Waals surface area contributed by atoms with Gasteiger partial charge < -0.3 is 10.2 Å². The summed E-state index contributed by atoms with van der Waals surface area (Å²) in [4.78, 5) is 6.85. The largest absolute Gasteiger partial charge is 0.355 e. The number of rotatable bonds is 3. The van der Waals surface area contributed by atoms with Crippen molar-refractivity contribution in [2.24, 2.45) is 11.8 Å². The first-order valence-corrected chi connectivity index (χ1v) is 7.03. The molecular weight excluding hydrogens is 246 g/mol. The van der Waals surface area contributed by atoms with Crippen LogP contribution in [-0.2, 0) is 6.54 Å². The van der Waals surface area contributed by atoms with Crippen molar-refractivity contribution < 1.29 is 0 Å². The molecular formula is C14H22ClN3. The molecule has 0 spiro atoms. The molecule has 1 aromatic heterocycles. The van der Waals surface area contributed by atoms with Gasteiger partial charge in [-0.15, -0.1) is 0 Å². The lowest BCUT2D eigenvalue weighted by Crippen LogP contribution is -2.39. The molecule has 0 amide bonds. The van der Waals surface area contributed by atoms with Gasteiger partial charge in [0.25, 0.3) is 0 Å². The van der Waals surface area contributed by atoms with E-state index in [2.05, 4.69) is 29.0 Å². The van der Waals surface area contributed by atoms with Crippen LogP contribution in [0.4, 0.5) is 5.82 Å². The monoisotopic (exact) mass is 267 g/mol. The van der Waals surface area contributed by atoms with Crippen LogP contribution in [0.25, 0.3) is 0 Å². The first-order chi connectivity index (χ1) is 8.61. The van der Waals surface area contributed by atoms with Crippen LogP contribution in [-0.4, -0.2) is 25.1 Å². The molecule has 1 aliphatic heterocycles. The van der Waals surface area contributed by atoms with Crippen LogP contribution in [0.3, 0.4) is 0 Å². The lowest BCUT2D eigenvalue weighted by molar-refractivity contribution is 0.323. The van der Waals surface area contributed by atoms with Gasteiger partial charge in [-0.2, -0.15) is 0 Å². The Morgan fingerprint density at radius 3 is 2.83 bits per heavy atom. The Labute approximate surface area is 115 Å². The van der Waals surface area contributed by atoms with E-state index in [9.17, 15) is 0 Å². The number of halogens is 1.